The van der Waals surface area contributed by atoms with Crippen molar-refractivity contribution in [3.05, 3.63) is 39.9 Å². The van der Waals surface area contributed by atoms with Crippen molar-refractivity contribution in [1.29, 1.82) is 0 Å². The number of ketones is 1. The molecule has 0 fully saturated rings. The summed E-state index contributed by atoms with van der Waals surface area (Å²) in [5.41, 5.74) is 1.25. The molecule has 1 rings (SSSR count). The largest absolute Gasteiger partial charge is 0.507 e. The lowest BCUT2D eigenvalue weighted by atomic mass is 10.0. The van der Waals surface area contributed by atoms with Crippen LogP contribution < -0.4 is 0 Å². The highest BCUT2D eigenvalue weighted by Crippen LogP contribution is 2.31. The molecule has 0 spiro atoms. The van der Waals surface area contributed by atoms with Crippen LogP contribution in [0.3, 0.4) is 0 Å². The molecule has 18 heavy (non-hydrogen) atoms. The summed E-state index contributed by atoms with van der Waals surface area (Å²) < 4.78 is 4.37. The van der Waals surface area contributed by atoms with Crippen LogP contribution in [-0.4, -0.2) is 24.0 Å². The van der Waals surface area contributed by atoms with E-state index in [1.54, 1.807) is 13.8 Å². The van der Waals surface area contributed by atoms with Crippen molar-refractivity contribution in [3.8, 4) is 5.75 Å². The molecule has 0 bridgehead atoms. The first kappa shape index (κ1) is 14.3. The van der Waals surface area contributed by atoms with Crippen molar-refractivity contribution in [2.24, 2.45) is 0 Å². The highest BCUT2D eigenvalue weighted by molar-refractivity contribution is 6.33. The number of allylic oxidation sites excluding steroid dienone is 1. The minimum Gasteiger partial charge on any atom is -0.507 e. The molecule has 0 aliphatic heterocycles. The topological polar surface area (TPSA) is 63.6 Å². The highest BCUT2D eigenvalue weighted by Gasteiger charge is 2.16. The maximum Gasteiger partial charge on any atom is 0.330 e. The summed E-state index contributed by atoms with van der Waals surface area (Å²) in [7, 11) is 1.21. The molecule has 5 heteroatoms. The molecule has 0 unspecified atom stereocenters. The molecule has 0 saturated carbocycles. The van der Waals surface area contributed by atoms with Crippen molar-refractivity contribution < 1.29 is 19.4 Å². The zero-order valence-corrected chi connectivity index (χ0v) is 11.0. The number of carbonyl (C=O) groups excluding carboxylic acids is 2. The predicted octanol–water partition coefficient (Wildman–Crippen LogP) is 2.57. The first-order valence-corrected chi connectivity index (χ1v) is 5.55. The van der Waals surface area contributed by atoms with Crippen molar-refractivity contribution in [2.45, 2.75) is 13.8 Å². The average Bonchev–Trinajstić information content (AvgIpc) is 2.33. The van der Waals surface area contributed by atoms with E-state index in [1.807, 2.05) is 0 Å². The van der Waals surface area contributed by atoms with Crippen molar-refractivity contribution in [1.82, 2.24) is 0 Å². The van der Waals surface area contributed by atoms with Crippen LogP contribution in [0.2, 0.25) is 5.02 Å². The number of hydrogen-bond donors (Lipinski definition) is 1. The Hall–Kier alpha value is -1.81. The Morgan fingerprint density at radius 1 is 1.33 bits per heavy atom. The zero-order chi connectivity index (χ0) is 13.9. The number of phenols is 1. The molecule has 0 aliphatic carbocycles. The molecule has 4 nitrogen and oxygen atoms in total. The van der Waals surface area contributed by atoms with Crippen LogP contribution in [0.25, 0.3) is 0 Å². The van der Waals surface area contributed by atoms with Gasteiger partial charge in [0.2, 0.25) is 0 Å². The number of benzene rings is 1. The maximum absolute atomic E-state index is 11.9. The molecule has 96 valence electrons. The van der Waals surface area contributed by atoms with Gasteiger partial charge in [-0.05, 0) is 37.1 Å². The van der Waals surface area contributed by atoms with Gasteiger partial charge in [0.15, 0.2) is 5.78 Å². The number of phenolic OH excluding ortho intramolecular Hbond substituents is 1. The average molecular weight is 269 g/mol. The summed E-state index contributed by atoms with van der Waals surface area (Å²) in [6.07, 6.45) is 2.04. The molecule has 0 atom stereocenters. The minimum atomic E-state index is -0.640. The Kier molecular flexibility index (Phi) is 4.50. The molecule has 0 aliphatic rings. The van der Waals surface area contributed by atoms with E-state index in [9.17, 15) is 14.7 Å². The Labute approximate surface area is 110 Å². The maximum atomic E-state index is 11.9. The quantitative estimate of drug-likeness (QED) is 0.520. The lowest BCUT2D eigenvalue weighted by Crippen LogP contribution is -2.02. The van der Waals surface area contributed by atoms with E-state index in [0.717, 1.165) is 12.2 Å². The van der Waals surface area contributed by atoms with E-state index >= 15 is 0 Å². The SMILES string of the molecule is COC(=O)/C=C/C(=O)c1c(O)cc(C)c(Cl)c1C. The summed E-state index contributed by atoms with van der Waals surface area (Å²) >= 11 is 6.01. The molecular formula is C13H13ClO4. The molecule has 0 aromatic heterocycles. The van der Waals surface area contributed by atoms with E-state index in [-0.39, 0.29) is 11.3 Å². The van der Waals surface area contributed by atoms with E-state index in [0.29, 0.717) is 16.1 Å². The number of hydrogen-bond acceptors (Lipinski definition) is 4. The molecule has 0 amide bonds. The first-order chi connectivity index (χ1) is 8.38. The van der Waals surface area contributed by atoms with Gasteiger partial charge in [-0.2, -0.15) is 0 Å². The van der Waals surface area contributed by atoms with Gasteiger partial charge in [0.25, 0.3) is 0 Å². The Balaban J connectivity index is 3.18. The summed E-state index contributed by atoms with van der Waals surface area (Å²) in [5.74, 6) is -1.30. The number of methoxy groups -OCH3 is 1. The standard InChI is InChI=1S/C13H13ClO4/c1-7-6-10(16)12(8(2)13(7)14)9(15)4-5-11(17)18-3/h4-6,16H,1-3H3/b5-4+. The van der Waals surface area contributed by atoms with Crippen LogP contribution >= 0.6 is 11.6 Å². The van der Waals surface area contributed by atoms with Crippen molar-refractivity contribution >= 4 is 23.4 Å². The van der Waals surface area contributed by atoms with E-state index < -0.39 is 11.8 Å². The molecule has 0 heterocycles. The second-order valence-corrected chi connectivity index (χ2v) is 4.13. The van der Waals surface area contributed by atoms with Crippen LogP contribution in [0.4, 0.5) is 0 Å². The van der Waals surface area contributed by atoms with Gasteiger partial charge in [-0.1, -0.05) is 11.6 Å². The van der Waals surface area contributed by atoms with Gasteiger partial charge in [-0.15, -0.1) is 0 Å². The Morgan fingerprint density at radius 2 is 1.94 bits per heavy atom. The Morgan fingerprint density at radius 3 is 2.50 bits per heavy atom. The van der Waals surface area contributed by atoms with Crippen molar-refractivity contribution in [3.63, 3.8) is 0 Å². The van der Waals surface area contributed by atoms with Gasteiger partial charge in [0, 0.05) is 11.1 Å². The molecular weight excluding hydrogens is 256 g/mol. The van der Waals surface area contributed by atoms with E-state index in [4.69, 9.17) is 11.6 Å². The Bertz CT molecular complexity index is 532. The van der Waals surface area contributed by atoms with Gasteiger partial charge in [-0.25, -0.2) is 4.79 Å². The third kappa shape index (κ3) is 2.90. The third-order valence-corrected chi connectivity index (χ3v) is 3.06. The van der Waals surface area contributed by atoms with Crippen LogP contribution in [0.5, 0.6) is 5.75 Å². The molecule has 1 aromatic carbocycles. The minimum absolute atomic E-state index is 0.0887. The highest BCUT2D eigenvalue weighted by atomic mass is 35.5. The summed E-state index contributed by atoms with van der Waals surface area (Å²) in [6, 6.07) is 1.41. The second-order valence-electron chi connectivity index (χ2n) is 3.75. The first-order valence-electron chi connectivity index (χ1n) is 5.17. The fourth-order valence-corrected chi connectivity index (χ4v) is 1.69. The third-order valence-electron chi connectivity index (χ3n) is 2.48. The second kappa shape index (κ2) is 5.69. The lowest BCUT2D eigenvalue weighted by Gasteiger charge is -2.09. The lowest BCUT2D eigenvalue weighted by molar-refractivity contribution is -0.134. The molecule has 0 radical (unpaired) electrons. The number of ether oxygens (including phenoxy) is 1. The summed E-state index contributed by atoms with van der Waals surface area (Å²) in [6.45, 7) is 3.36. The number of carbonyl (C=O) groups is 2. The van der Waals surface area contributed by atoms with Crippen molar-refractivity contribution in [2.75, 3.05) is 7.11 Å². The number of aromatic hydroxyl groups is 1. The number of aryl methyl sites for hydroxylation is 1. The normalized spacial score (nSPS) is 10.7. The van der Waals surface area contributed by atoms with Gasteiger partial charge < -0.3 is 9.84 Å². The molecule has 1 N–H and O–H groups in total. The number of esters is 1. The number of rotatable bonds is 3. The summed E-state index contributed by atoms with van der Waals surface area (Å²) in [4.78, 5) is 22.7. The zero-order valence-electron chi connectivity index (χ0n) is 10.3. The van der Waals surface area contributed by atoms with Crippen LogP contribution in [-0.2, 0) is 9.53 Å². The van der Waals surface area contributed by atoms with Crippen LogP contribution in [0.1, 0.15) is 21.5 Å². The van der Waals surface area contributed by atoms with Crippen LogP contribution in [0, 0.1) is 13.8 Å². The van der Waals surface area contributed by atoms with E-state index in [2.05, 4.69) is 4.74 Å². The van der Waals surface area contributed by atoms with Crippen LogP contribution in [0.15, 0.2) is 18.2 Å². The van der Waals surface area contributed by atoms with Gasteiger partial charge in [-0.3, -0.25) is 4.79 Å². The van der Waals surface area contributed by atoms with Gasteiger partial charge >= 0.3 is 5.97 Å². The smallest absolute Gasteiger partial charge is 0.330 e. The molecule has 0 saturated heterocycles. The number of halogens is 1. The summed E-state index contributed by atoms with van der Waals surface area (Å²) in [5, 5.41) is 10.2. The van der Waals surface area contributed by atoms with Gasteiger partial charge in [0.1, 0.15) is 5.75 Å². The predicted molar refractivity (Wildman–Crippen MR) is 68.1 cm³/mol. The van der Waals surface area contributed by atoms with E-state index in [1.165, 1.54) is 13.2 Å². The fourth-order valence-electron chi connectivity index (χ4n) is 1.54. The monoisotopic (exact) mass is 268 g/mol. The van der Waals surface area contributed by atoms with Gasteiger partial charge in [0.05, 0.1) is 12.7 Å². The molecule has 1 aromatic rings. The fraction of sp³-hybridized carbons (Fsp3) is 0.231.